The summed E-state index contributed by atoms with van der Waals surface area (Å²) in [5.41, 5.74) is 5.99. The number of hydrogen-bond donors (Lipinski definition) is 1. The molecule has 0 saturated heterocycles. The number of nitrogens with two attached hydrogens (primary N) is 1. The number of aromatic nitrogens is 3. The van der Waals surface area contributed by atoms with Crippen molar-refractivity contribution in [1.29, 1.82) is 0 Å². The summed E-state index contributed by atoms with van der Waals surface area (Å²) in [6.45, 7) is 1.43. The van der Waals surface area contributed by atoms with E-state index < -0.39 is 11.6 Å². The van der Waals surface area contributed by atoms with Crippen molar-refractivity contribution in [1.82, 2.24) is 14.8 Å². The molecule has 1 aliphatic rings. The molecule has 106 valence electrons. The number of hydrogen-bond acceptors (Lipinski definition) is 3. The molecule has 3 rings (SSSR count). The number of rotatable bonds is 3. The highest BCUT2D eigenvalue weighted by atomic mass is 19.2. The van der Waals surface area contributed by atoms with Gasteiger partial charge in [0.2, 0.25) is 0 Å². The van der Waals surface area contributed by atoms with Crippen LogP contribution in [0.2, 0.25) is 0 Å². The Morgan fingerprint density at radius 2 is 2.15 bits per heavy atom. The molecule has 0 amide bonds. The molecule has 2 heterocycles. The van der Waals surface area contributed by atoms with Crippen LogP contribution in [0.1, 0.15) is 23.6 Å². The number of fused-ring (bicyclic) bond motifs is 1. The van der Waals surface area contributed by atoms with Gasteiger partial charge in [-0.2, -0.15) is 0 Å². The van der Waals surface area contributed by atoms with Gasteiger partial charge in [0.15, 0.2) is 11.6 Å². The van der Waals surface area contributed by atoms with Crippen molar-refractivity contribution in [3.05, 3.63) is 47.0 Å². The third-order valence-corrected chi connectivity index (χ3v) is 3.85. The van der Waals surface area contributed by atoms with Gasteiger partial charge in [-0.15, -0.1) is 10.2 Å². The third-order valence-electron chi connectivity index (χ3n) is 3.85. The summed E-state index contributed by atoms with van der Waals surface area (Å²) in [6.07, 6.45) is 2.03. The minimum Gasteiger partial charge on any atom is -0.330 e. The zero-order chi connectivity index (χ0) is 14.1. The van der Waals surface area contributed by atoms with Crippen LogP contribution in [-0.2, 0) is 19.4 Å². The second kappa shape index (κ2) is 5.28. The summed E-state index contributed by atoms with van der Waals surface area (Å²) in [6, 6.07) is 4.20. The SMILES string of the molecule is NCC1CCn2c(Cc3cccc(F)c3F)nnc2C1. The summed E-state index contributed by atoms with van der Waals surface area (Å²) < 4.78 is 28.9. The van der Waals surface area contributed by atoms with Crippen molar-refractivity contribution in [2.75, 3.05) is 6.54 Å². The lowest BCUT2D eigenvalue weighted by Crippen LogP contribution is -2.26. The van der Waals surface area contributed by atoms with E-state index in [2.05, 4.69) is 10.2 Å². The van der Waals surface area contributed by atoms with Crippen molar-refractivity contribution in [3.63, 3.8) is 0 Å². The van der Waals surface area contributed by atoms with Crippen molar-refractivity contribution in [2.24, 2.45) is 11.7 Å². The number of nitrogens with zero attached hydrogens (tertiary/aromatic N) is 3. The van der Waals surface area contributed by atoms with Gasteiger partial charge in [0, 0.05) is 19.4 Å². The summed E-state index contributed by atoms with van der Waals surface area (Å²) in [5, 5.41) is 8.26. The van der Waals surface area contributed by atoms with Crippen LogP contribution in [0.3, 0.4) is 0 Å². The van der Waals surface area contributed by atoms with Gasteiger partial charge in [0.1, 0.15) is 11.6 Å². The van der Waals surface area contributed by atoms with Gasteiger partial charge in [-0.25, -0.2) is 8.78 Å². The van der Waals surface area contributed by atoms with E-state index in [9.17, 15) is 8.78 Å². The Bertz CT molecular complexity index is 624. The zero-order valence-electron chi connectivity index (χ0n) is 11.0. The minimum absolute atomic E-state index is 0.254. The summed E-state index contributed by atoms with van der Waals surface area (Å²) in [7, 11) is 0. The average molecular weight is 278 g/mol. The third kappa shape index (κ3) is 2.31. The van der Waals surface area contributed by atoms with E-state index in [1.54, 1.807) is 6.07 Å². The molecule has 1 aromatic carbocycles. The van der Waals surface area contributed by atoms with Crippen LogP contribution in [0.15, 0.2) is 18.2 Å². The monoisotopic (exact) mass is 278 g/mol. The Morgan fingerprint density at radius 3 is 2.95 bits per heavy atom. The van der Waals surface area contributed by atoms with Crippen molar-refractivity contribution in [2.45, 2.75) is 25.8 Å². The molecule has 0 aliphatic carbocycles. The summed E-state index contributed by atoms with van der Waals surface area (Å²) in [4.78, 5) is 0. The van der Waals surface area contributed by atoms with Crippen LogP contribution in [0.4, 0.5) is 8.78 Å². The normalized spacial score (nSPS) is 18.1. The van der Waals surface area contributed by atoms with Gasteiger partial charge in [-0.05, 0) is 30.5 Å². The highest BCUT2D eigenvalue weighted by Crippen LogP contribution is 2.22. The molecule has 1 unspecified atom stereocenters. The van der Waals surface area contributed by atoms with E-state index in [1.807, 2.05) is 4.57 Å². The molecule has 1 atom stereocenters. The Hall–Kier alpha value is -1.82. The Morgan fingerprint density at radius 1 is 1.30 bits per heavy atom. The van der Waals surface area contributed by atoms with E-state index in [-0.39, 0.29) is 6.42 Å². The molecular formula is C14H16F2N4. The smallest absolute Gasteiger partial charge is 0.162 e. The lowest BCUT2D eigenvalue weighted by atomic mass is 9.98. The lowest BCUT2D eigenvalue weighted by Gasteiger charge is -2.22. The van der Waals surface area contributed by atoms with E-state index in [1.165, 1.54) is 6.07 Å². The zero-order valence-corrected chi connectivity index (χ0v) is 11.0. The molecule has 0 fully saturated rings. The highest BCUT2D eigenvalue weighted by molar-refractivity contribution is 5.23. The van der Waals surface area contributed by atoms with Crippen LogP contribution in [0.5, 0.6) is 0 Å². The minimum atomic E-state index is -0.830. The fourth-order valence-corrected chi connectivity index (χ4v) is 2.64. The van der Waals surface area contributed by atoms with E-state index >= 15 is 0 Å². The Kier molecular flexibility index (Phi) is 3.48. The summed E-state index contributed by atoms with van der Waals surface area (Å²) >= 11 is 0. The van der Waals surface area contributed by atoms with Gasteiger partial charge < -0.3 is 10.3 Å². The van der Waals surface area contributed by atoms with Gasteiger partial charge >= 0.3 is 0 Å². The Labute approximate surface area is 115 Å². The summed E-state index contributed by atoms with van der Waals surface area (Å²) in [5.74, 6) is 0.369. The fourth-order valence-electron chi connectivity index (χ4n) is 2.64. The molecule has 0 bridgehead atoms. The van der Waals surface area contributed by atoms with Crippen molar-refractivity contribution in [3.8, 4) is 0 Å². The maximum absolute atomic E-state index is 13.7. The molecule has 2 aromatic rings. The van der Waals surface area contributed by atoms with Gasteiger partial charge in [-0.3, -0.25) is 0 Å². The molecule has 0 saturated carbocycles. The fraction of sp³-hybridized carbons (Fsp3) is 0.429. The topological polar surface area (TPSA) is 56.7 Å². The van der Waals surface area contributed by atoms with E-state index in [0.717, 1.165) is 31.3 Å². The van der Waals surface area contributed by atoms with Crippen molar-refractivity contribution < 1.29 is 8.78 Å². The van der Waals surface area contributed by atoms with Gasteiger partial charge in [-0.1, -0.05) is 12.1 Å². The van der Waals surface area contributed by atoms with Crippen LogP contribution < -0.4 is 5.73 Å². The molecule has 6 heteroatoms. The Balaban J connectivity index is 1.86. The maximum atomic E-state index is 13.7. The molecular weight excluding hydrogens is 262 g/mol. The highest BCUT2D eigenvalue weighted by Gasteiger charge is 2.22. The van der Waals surface area contributed by atoms with Crippen LogP contribution >= 0.6 is 0 Å². The average Bonchev–Trinajstić information content (AvgIpc) is 2.86. The van der Waals surface area contributed by atoms with Crippen LogP contribution in [0, 0.1) is 17.6 Å². The van der Waals surface area contributed by atoms with Crippen molar-refractivity contribution >= 4 is 0 Å². The predicted molar refractivity (Wildman–Crippen MR) is 70.1 cm³/mol. The second-order valence-corrected chi connectivity index (χ2v) is 5.17. The second-order valence-electron chi connectivity index (χ2n) is 5.17. The maximum Gasteiger partial charge on any atom is 0.162 e. The predicted octanol–water partition coefficient (Wildman–Crippen LogP) is 1.67. The molecule has 2 N–H and O–H groups in total. The molecule has 1 aliphatic heterocycles. The van der Waals surface area contributed by atoms with E-state index in [4.69, 9.17) is 5.73 Å². The quantitative estimate of drug-likeness (QED) is 0.929. The molecule has 4 nitrogen and oxygen atoms in total. The van der Waals surface area contributed by atoms with Crippen LogP contribution in [-0.4, -0.2) is 21.3 Å². The number of halogens is 2. The molecule has 0 spiro atoms. The first-order valence-corrected chi connectivity index (χ1v) is 6.73. The lowest BCUT2D eigenvalue weighted by molar-refractivity contribution is 0.384. The van der Waals surface area contributed by atoms with Gasteiger partial charge in [0.25, 0.3) is 0 Å². The van der Waals surface area contributed by atoms with Gasteiger partial charge in [0.05, 0.1) is 0 Å². The van der Waals surface area contributed by atoms with Crippen LogP contribution in [0.25, 0.3) is 0 Å². The first-order valence-electron chi connectivity index (χ1n) is 6.73. The largest absolute Gasteiger partial charge is 0.330 e. The first-order chi connectivity index (χ1) is 9.69. The first kappa shape index (κ1) is 13.2. The molecule has 0 radical (unpaired) electrons. The molecule has 1 aromatic heterocycles. The number of benzene rings is 1. The van der Waals surface area contributed by atoms with E-state index in [0.29, 0.717) is 23.9 Å². The molecule has 20 heavy (non-hydrogen) atoms. The standard InChI is InChI=1S/C14H16F2N4/c15-11-3-1-2-10(14(11)16)7-13-19-18-12-6-9(8-17)4-5-20(12)13/h1-3,9H,4-8,17H2.